The van der Waals surface area contributed by atoms with Crippen LogP contribution in [0.2, 0.25) is 0 Å². The second-order valence-electron chi connectivity index (χ2n) is 16.2. The van der Waals surface area contributed by atoms with Gasteiger partial charge in [0.15, 0.2) is 0 Å². The fourth-order valence-electron chi connectivity index (χ4n) is 8.53. The number of hydrogen-bond acceptors (Lipinski definition) is 10. The molecule has 0 unspecified atom stereocenters. The normalized spacial score (nSPS) is 13.3. The van der Waals surface area contributed by atoms with Gasteiger partial charge in [0.2, 0.25) is 0 Å². The van der Waals surface area contributed by atoms with Crippen molar-refractivity contribution >= 4 is 108 Å². The van der Waals surface area contributed by atoms with Crippen LogP contribution >= 0.6 is 0 Å². The summed E-state index contributed by atoms with van der Waals surface area (Å²) in [5.41, 5.74) is 2.22. The minimum absolute atomic E-state index is 0.0150. The molecular formula is C48H36N6O10S4. The lowest BCUT2D eigenvalue weighted by atomic mass is 9.94. The number of aryl methyl sites for hydroxylation is 2. The van der Waals surface area contributed by atoms with Gasteiger partial charge in [-0.05, 0) is 103 Å². The van der Waals surface area contributed by atoms with Gasteiger partial charge >= 0.3 is 0 Å². The summed E-state index contributed by atoms with van der Waals surface area (Å²) in [6.45, 7) is 3.55. The third-order valence-electron chi connectivity index (χ3n) is 11.4. The van der Waals surface area contributed by atoms with E-state index < -0.39 is 71.5 Å². The Balaban J connectivity index is 1.09. The summed E-state index contributed by atoms with van der Waals surface area (Å²) in [6.07, 6.45) is 0. The van der Waals surface area contributed by atoms with E-state index in [1.165, 1.54) is 72.8 Å². The monoisotopic (exact) mass is 984 g/mol. The lowest BCUT2D eigenvalue weighted by Crippen LogP contribution is -2.18. The van der Waals surface area contributed by atoms with E-state index >= 15 is 0 Å². The molecule has 68 heavy (non-hydrogen) atoms. The highest BCUT2D eigenvalue weighted by Crippen LogP contribution is 2.47. The van der Waals surface area contributed by atoms with Crippen molar-refractivity contribution in [1.82, 2.24) is 0 Å². The topological polar surface area (TPSA) is 243 Å². The molecular weight excluding hydrogens is 949 g/mol. The molecule has 0 saturated carbocycles. The van der Waals surface area contributed by atoms with Crippen molar-refractivity contribution in [2.24, 2.45) is 0 Å². The van der Waals surface area contributed by atoms with Crippen LogP contribution in [-0.4, -0.2) is 45.5 Å². The number of anilines is 6. The van der Waals surface area contributed by atoms with Gasteiger partial charge in [-0.3, -0.25) is 28.5 Å². The molecule has 0 spiro atoms. The fourth-order valence-corrected chi connectivity index (χ4v) is 13.7. The van der Waals surface area contributed by atoms with E-state index in [9.17, 15) is 43.3 Å². The lowest BCUT2D eigenvalue weighted by Gasteiger charge is -2.17. The van der Waals surface area contributed by atoms with Crippen molar-refractivity contribution in [2.75, 3.05) is 29.5 Å². The Morgan fingerprint density at radius 2 is 0.838 bits per heavy atom. The van der Waals surface area contributed by atoms with Crippen molar-refractivity contribution in [3.63, 3.8) is 0 Å². The molecule has 342 valence electrons. The average molecular weight is 985 g/mol. The first kappa shape index (κ1) is 44.1. The molecule has 2 aliphatic heterocycles. The molecule has 0 saturated heterocycles. The second kappa shape index (κ2) is 15.9. The third kappa shape index (κ3) is 7.71. The highest BCUT2D eigenvalue weighted by molar-refractivity contribution is 7.94. The maximum Gasteiger partial charge on any atom is 0.264 e. The van der Waals surface area contributed by atoms with Crippen molar-refractivity contribution in [3.05, 3.63) is 168 Å². The van der Waals surface area contributed by atoms with Gasteiger partial charge in [0.1, 0.15) is 9.79 Å². The number of amides is 2. The van der Waals surface area contributed by atoms with Gasteiger partial charge < -0.3 is 10.6 Å². The molecule has 0 radical (unpaired) electrons. The maximum atomic E-state index is 14.5. The van der Waals surface area contributed by atoms with Crippen LogP contribution in [0.1, 0.15) is 31.8 Å². The highest BCUT2D eigenvalue weighted by Gasteiger charge is 2.37. The van der Waals surface area contributed by atoms with Gasteiger partial charge in [0, 0.05) is 49.9 Å². The predicted molar refractivity (Wildman–Crippen MR) is 261 cm³/mol. The van der Waals surface area contributed by atoms with Crippen molar-refractivity contribution in [2.45, 2.75) is 33.4 Å². The zero-order chi connectivity index (χ0) is 47.9. The zero-order valence-corrected chi connectivity index (χ0v) is 38.8. The van der Waals surface area contributed by atoms with Crippen molar-refractivity contribution in [3.8, 4) is 11.1 Å². The Morgan fingerprint density at radius 3 is 1.41 bits per heavy atom. The summed E-state index contributed by atoms with van der Waals surface area (Å²) in [5.74, 6) is -1.39. The molecule has 10 rings (SSSR count). The van der Waals surface area contributed by atoms with Gasteiger partial charge in [0.25, 0.3) is 51.9 Å². The minimum atomic E-state index is -4.73. The van der Waals surface area contributed by atoms with Crippen LogP contribution in [0.4, 0.5) is 34.1 Å². The van der Waals surface area contributed by atoms with E-state index in [0.717, 1.165) is 23.3 Å². The zero-order valence-electron chi connectivity index (χ0n) is 35.6. The van der Waals surface area contributed by atoms with Crippen LogP contribution in [0.5, 0.6) is 0 Å². The van der Waals surface area contributed by atoms with Crippen molar-refractivity contribution < 1.29 is 43.3 Å². The molecule has 2 heterocycles. The molecule has 6 N–H and O–H groups in total. The second-order valence-corrected chi connectivity index (χ2v) is 22.8. The number of benzene rings is 8. The van der Waals surface area contributed by atoms with Crippen LogP contribution in [-0.2, 0) is 40.1 Å². The summed E-state index contributed by atoms with van der Waals surface area (Å²) in [5, 5.41) is 5.45. The number of rotatable bonds is 13. The Labute approximate surface area is 390 Å². The number of carbonyl (C=O) groups excluding carboxylic acids is 2. The van der Waals surface area contributed by atoms with E-state index in [4.69, 9.17) is 0 Å². The number of hydrogen-bond donors (Lipinski definition) is 6. The van der Waals surface area contributed by atoms with E-state index in [0.29, 0.717) is 0 Å². The van der Waals surface area contributed by atoms with Crippen LogP contribution in [0.25, 0.3) is 32.7 Å². The summed E-state index contributed by atoms with van der Waals surface area (Å²) in [7, 11) is -18.3. The molecule has 0 atom stereocenters. The first-order chi connectivity index (χ1) is 32.3. The molecule has 8 aromatic carbocycles. The average Bonchev–Trinajstić information content (AvgIpc) is 3.80. The van der Waals surface area contributed by atoms with Gasteiger partial charge in [0.05, 0.1) is 26.7 Å². The Kier molecular flexibility index (Phi) is 10.3. The van der Waals surface area contributed by atoms with Crippen LogP contribution in [0.15, 0.2) is 165 Å². The molecule has 16 nitrogen and oxygen atoms in total. The Bertz CT molecular complexity index is 4000. The summed E-state index contributed by atoms with van der Waals surface area (Å²) in [6, 6.07) is 36.3. The lowest BCUT2D eigenvalue weighted by molar-refractivity contribution is 0.102. The standard InChI is InChI=1S/C48H36N6O10S4/c1-27-10-6-15-31(22-27)52-66(59,60)39-26-41(68(63,64)53-32-16-7-11-28(2)23-32)46-43-36(39)21-20-34(44(43)48(56)50-46)29-12-8-17-33(24-29)54-67(61,62)40-25-38(65(57,58)51-30-13-4-3-5-14-30)35-18-9-19-37-42(35)45(40)49-47(37)55/h3-26,51-54H,1-2H3,(H,49,55)(H,50,56). The number of sulfonamides is 4. The van der Waals surface area contributed by atoms with E-state index in [-0.39, 0.29) is 77.9 Å². The molecule has 0 fully saturated rings. The molecule has 0 aromatic heterocycles. The van der Waals surface area contributed by atoms with Crippen molar-refractivity contribution in [1.29, 1.82) is 0 Å². The Hall–Kier alpha value is -7.78. The molecule has 0 bridgehead atoms. The minimum Gasteiger partial charge on any atom is -0.320 e. The van der Waals surface area contributed by atoms with Crippen LogP contribution in [0.3, 0.4) is 0 Å². The third-order valence-corrected chi connectivity index (χ3v) is 17.1. The summed E-state index contributed by atoms with van der Waals surface area (Å²) < 4.78 is 124. The summed E-state index contributed by atoms with van der Waals surface area (Å²) in [4.78, 5) is 25.4. The van der Waals surface area contributed by atoms with Crippen LogP contribution in [0, 0.1) is 13.8 Å². The smallest absolute Gasteiger partial charge is 0.264 e. The Morgan fingerprint density at radius 1 is 0.382 bits per heavy atom. The molecule has 0 aliphatic carbocycles. The largest absolute Gasteiger partial charge is 0.320 e. The van der Waals surface area contributed by atoms with Crippen LogP contribution < -0.4 is 29.5 Å². The van der Waals surface area contributed by atoms with Gasteiger partial charge in [-0.25, -0.2) is 33.7 Å². The van der Waals surface area contributed by atoms with E-state index in [2.05, 4.69) is 29.5 Å². The predicted octanol–water partition coefficient (Wildman–Crippen LogP) is 8.61. The SMILES string of the molecule is Cc1cccc(NS(=O)(=O)c2cc(S(=O)(=O)Nc3cccc(C)c3)c3ccc(-c4cccc(NS(=O)(=O)c5cc(S(=O)(=O)Nc6ccccc6)c6cccc7c6c5NC7=O)c4)c4c3c2NC4=O)c1. The first-order valence-electron chi connectivity index (χ1n) is 20.6. The van der Waals surface area contributed by atoms with Gasteiger partial charge in [-0.1, -0.05) is 78.9 Å². The molecule has 8 aromatic rings. The van der Waals surface area contributed by atoms with E-state index in [1.807, 2.05) is 0 Å². The number of para-hydroxylation sites is 1. The molecule has 20 heteroatoms. The quantitative estimate of drug-likeness (QED) is 0.0642. The number of nitrogens with one attached hydrogen (secondary N) is 6. The highest BCUT2D eigenvalue weighted by atomic mass is 32.2. The molecule has 2 amide bonds. The van der Waals surface area contributed by atoms with Gasteiger partial charge in [-0.2, -0.15) is 0 Å². The van der Waals surface area contributed by atoms with Gasteiger partial charge in [-0.15, -0.1) is 0 Å². The number of carbonyl (C=O) groups is 2. The first-order valence-corrected chi connectivity index (χ1v) is 26.5. The van der Waals surface area contributed by atoms with E-state index in [1.54, 1.807) is 74.5 Å². The maximum absolute atomic E-state index is 14.5. The summed E-state index contributed by atoms with van der Waals surface area (Å²) >= 11 is 0. The molecule has 2 aliphatic rings. The fraction of sp³-hybridized carbons (Fsp3) is 0.0417.